The van der Waals surface area contributed by atoms with E-state index in [1.54, 1.807) is 22.6 Å². The lowest BCUT2D eigenvalue weighted by Crippen LogP contribution is -2.50. The molecule has 1 aliphatic carbocycles. The number of rotatable bonds is 6. The monoisotopic (exact) mass is 452 g/mol. The fraction of sp³-hybridized carbons (Fsp3) is 0.273. The van der Waals surface area contributed by atoms with Crippen molar-refractivity contribution in [3.05, 3.63) is 64.9 Å². The molecule has 9 heteroatoms. The topological polar surface area (TPSA) is 84.4 Å². The van der Waals surface area contributed by atoms with Gasteiger partial charge < -0.3 is 10.1 Å². The fourth-order valence-electron chi connectivity index (χ4n) is 3.80. The third kappa shape index (κ3) is 3.79. The smallest absolute Gasteiger partial charge is 0.338 e. The molecule has 5 rings (SSSR count). The van der Waals surface area contributed by atoms with Gasteiger partial charge in [0.2, 0.25) is 0 Å². The number of benzene rings is 1. The maximum Gasteiger partial charge on any atom is 0.338 e. The highest BCUT2D eigenvalue weighted by atomic mass is 32.2. The minimum Gasteiger partial charge on any atom is -0.466 e. The minimum atomic E-state index is -0.557. The number of methoxy groups -OCH3 is 1. The number of amides is 2. The van der Waals surface area contributed by atoms with Crippen LogP contribution in [0, 0.1) is 0 Å². The van der Waals surface area contributed by atoms with Crippen LogP contribution in [0.1, 0.15) is 24.4 Å². The highest BCUT2D eigenvalue weighted by Gasteiger charge is 2.43. The van der Waals surface area contributed by atoms with Gasteiger partial charge in [0.1, 0.15) is 11.4 Å². The number of ether oxygens (including phenoxy) is 1. The van der Waals surface area contributed by atoms with Gasteiger partial charge in [-0.05, 0) is 29.9 Å². The summed E-state index contributed by atoms with van der Waals surface area (Å²) < 4.78 is 6.16. The van der Waals surface area contributed by atoms with Gasteiger partial charge in [-0.1, -0.05) is 42.1 Å². The molecule has 3 heterocycles. The Morgan fingerprint density at radius 2 is 2.06 bits per heavy atom. The van der Waals surface area contributed by atoms with Gasteiger partial charge in [-0.2, -0.15) is 0 Å². The Bertz CT molecular complexity index is 1170. The Kier molecular flexibility index (Phi) is 5.37. The molecular formula is C22H20N4O3S2. The van der Waals surface area contributed by atoms with Crippen molar-refractivity contribution in [2.24, 2.45) is 0 Å². The van der Waals surface area contributed by atoms with Crippen molar-refractivity contribution in [1.29, 1.82) is 0 Å². The molecule has 1 unspecified atom stereocenters. The Labute approximate surface area is 187 Å². The van der Waals surface area contributed by atoms with Gasteiger partial charge in [-0.15, -0.1) is 11.3 Å². The van der Waals surface area contributed by atoms with Crippen LogP contribution in [0.5, 0.6) is 0 Å². The van der Waals surface area contributed by atoms with Crippen LogP contribution in [-0.2, 0) is 9.53 Å². The molecule has 1 saturated carbocycles. The van der Waals surface area contributed by atoms with Crippen molar-refractivity contribution in [3.8, 4) is 0 Å². The SMILES string of the molecule is COC(=O)C1=C(CSc2ncnc3ccsc23)N(C2CC2)C(=O)NC1c1ccccc1. The molecule has 2 aromatic heterocycles. The van der Waals surface area contributed by atoms with E-state index in [4.69, 9.17) is 4.74 Å². The van der Waals surface area contributed by atoms with Crippen LogP contribution in [0.15, 0.2) is 64.4 Å². The summed E-state index contributed by atoms with van der Waals surface area (Å²) in [6.07, 6.45) is 3.40. The van der Waals surface area contributed by atoms with Crippen LogP contribution in [0.2, 0.25) is 0 Å². The van der Waals surface area contributed by atoms with Crippen molar-refractivity contribution >= 4 is 45.3 Å². The van der Waals surface area contributed by atoms with Crippen molar-refractivity contribution in [2.45, 2.75) is 30.0 Å². The van der Waals surface area contributed by atoms with E-state index in [9.17, 15) is 9.59 Å². The summed E-state index contributed by atoms with van der Waals surface area (Å²) in [6, 6.07) is 10.8. The number of carbonyl (C=O) groups excluding carboxylic acids is 2. The maximum atomic E-state index is 13.1. The van der Waals surface area contributed by atoms with Crippen molar-refractivity contribution in [2.75, 3.05) is 12.9 Å². The van der Waals surface area contributed by atoms with Crippen LogP contribution in [0.25, 0.3) is 10.2 Å². The number of hydrogen-bond acceptors (Lipinski definition) is 7. The lowest BCUT2D eigenvalue weighted by atomic mass is 9.95. The lowest BCUT2D eigenvalue weighted by Gasteiger charge is -2.36. The molecule has 0 saturated heterocycles. The van der Waals surface area contributed by atoms with Gasteiger partial charge in [0.05, 0.1) is 28.9 Å². The van der Waals surface area contributed by atoms with Crippen LogP contribution in [0.4, 0.5) is 4.79 Å². The second kappa shape index (κ2) is 8.32. The molecule has 1 atom stereocenters. The van der Waals surface area contributed by atoms with E-state index in [0.717, 1.165) is 33.6 Å². The van der Waals surface area contributed by atoms with Crippen molar-refractivity contribution < 1.29 is 14.3 Å². The minimum absolute atomic E-state index is 0.110. The first-order valence-corrected chi connectivity index (χ1v) is 11.8. The Morgan fingerprint density at radius 3 is 2.81 bits per heavy atom. The molecule has 31 heavy (non-hydrogen) atoms. The van der Waals surface area contributed by atoms with Crippen LogP contribution >= 0.6 is 23.1 Å². The zero-order chi connectivity index (χ0) is 21.4. The number of carbonyl (C=O) groups is 2. The van der Waals surface area contributed by atoms with Crippen LogP contribution in [0.3, 0.4) is 0 Å². The lowest BCUT2D eigenvalue weighted by molar-refractivity contribution is -0.136. The molecule has 158 valence electrons. The van der Waals surface area contributed by atoms with Gasteiger partial charge in [-0.25, -0.2) is 19.6 Å². The fourth-order valence-corrected chi connectivity index (χ4v) is 5.77. The molecule has 7 nitrogen and oxygen atoms in total. The molecule has 3 aromatic rings. The van der Waals surface area contributed by atoms with E-state index in [2.05, 4.69) is 15.3 Å². The van der Waals surface area contributed by atoms with E-state index in [1.807, 2.05) is 41.8 Å². The predicted octanol–water partition coefficient (Wildman–Crippen LogP) is 4.14. The predicted molar refractivity (Wildman–Crippen MR) is 120 cm³/mol. The Hall–Kier alpha value is -2.91. The third-order valence-electron chi connectivity index (χ3n) is 5.38. The Balaban J connectivity index is 1.58. The zero-order valence-corrected chi connectivity index (χ0v) is 18.4. The quantitative estimate of drug-likeness (QED) is 0.344. The van der Waals surface area contributed by atoms with Gasteiger partial charge in [0.15, 0.2) is 0 Å². The average molecular weight is 453 g/mol. The third-order valence-corrected chi connectivity index (χ3v) is 7.42. The molecule has 1 fully saturated rings. The van der Waals surface area contributed by atoms with Crippen molar-refractivity contribution in [1.82, 2.24) is 20.2 Å². The second-order valence-corrected chi connectivity index (χ2v) is 9.23. The first-order chi connectivity index (χ1) is 15.2. The number of thiophene rings is 1. The van der Waals surface area contributed by atoms with E-state index in [1.165, 1.54) is 18.9 Å². The summed E-state index contributed by atoms with van der Waals surface area (Å²) in [5, 5.41) is 5.85. The summed E-state index contributed by atoms with van der Waals surface area (Å²) >= 11 is 3.10. The highest BCUT2D eigenvalue weighted by Crippen LogP contribution is 2.40. The van der Waals surface area contributed by atoms with Gasteiger partial charge in [0, 0.05) is 17.5 Å². The molecule has 0 radical (unpaired) electrons. The number of esters is 1. The van der Waals surface area contributed by atoms with Gasteiger partial charge >= 0.3 is 12.0 Å². The molecule has 0 spiro atoms. The van der Waals surface area contributed by atoms with Gasteiger partial charge in [0.25, 0.3) is 0 Å². The van der Waals surface area contributed by atoms with Crippen LogP contribution < -0.4 is 5.32 Å². The number of nitrogens with one attached hydrogen (secondary N) is 1. The summed E-state index contributed by atoms with van der Waals surface area (Å²) in [6.45, 7) is 0. The molecule has 0 bridgehead atoms. The van der Waals surface area contributed by atoms with Gasteiger partial charge in [-0.3, -0.25) is 4.90 Å². The standard InChI is InChI=1S/C22H20N4O3S2/c1-29-21(27)17-16(11-31-20-19-15(9-10-30-19)23-12-24-20)26(14-7-8-14)22(28)25-18(17)13-5-3-2-4-6-13/h2-6,9-10,12,14,18H,7-8,11H2,1H3,(H,25,28). The normalized spacial score (nSPS) is 18.9. The number of fused-ring (bicyclic) bond motifs is 1. The second-order valence-electron chi connectivity index (χ2n) is 7.35. The number of aromatic nitrogens is 2. The van der Waals surface area contributed by atoms with E-state index >= 15 is 0 Å². The molecule has 1 aliphatic heterocycles. The van der Waals surface area contributed by atoms with Crippen LogP contribution in [-0.4, -0.2) is 45.8 Å². The Morgan fingerprint density at radius 1 is 1.26 bits per heavy atom. The average Bonchev–Trinajstić information content (AvgIpc) is 3.52. The van der Waals surface area contributed by atoms with E-state index in [0.29, 0.717) is 17.0 Å². The first kappa shape index (κ1) is 20.0. The number of hydrogen-bond donors (Lipinski definition) is 1. The number of thioether (sulfide) groups is 1. The summed E-state index contributed by atoms with van der Waals surface area (Å²) in [7, 11) is 1.37. The molecule has 1 aromatic carbocycles. The molecule has 1 N–H and O–H groups in total. The van der Waals surface area contributed by atoms with E-state index < -0.39 is 12.0 Å². The molecular weight excluding hydrogens is 432 g/mol. The first-order valence-electron chi connectivity index (χ1n) is 9.94. The van der Waals surface area contributed by atoms with Crippen molar-refractivity contribution in [3.63, 3.8) is 0 Å². The summed E-state index contributed by atoms with van der Waals surface area (Å²) in [4.78, 5) is 36.5. The molecule has 2 amide bonds. The molecule has 2 aliphatic rings. The summed E-state index contributed by atoms with van der Waals surface area (Å²) in [5.41, 5.74) is 2.91. The highest BCUT2D eigenvalue weighted by molar-refractivity contribution is 7.99. The zero-order valence-electron chi connectivity index (χ0n) is 16.8. The maximum absolute atomic E-state index is 13.1. The largest absolute Gasteiger partial charge is 0.466 e. The number of urea groups is 1. The number of nitrogens with zero attached hydrogens (tertiary/aromatic N) is 3. The summed E-state index contributed by atoms with van der Waals surface area (Å²) in [5.74, 6) is 0.000817. The van der Waals surface area contributed by atoms with E-state index in [-0.39, 0.29) is 12.1 Å².